The van der Waals surface area contributed by atoms with E-state index in [2.05, 4.69) is 9.71 Å². The molecule has 0 amide bonds. The molecule has 1 aromatic rings. The van der Waals surface area contributed by atoms with Crippen molar-refractivity contribution in [3.8, 4) is 0 Å². The van der Waals surface area contributed by atoms with Crippen LogP contribution in [0.5, 0.6) is 0 Å². The summed E-state index contributed by atoms with van der Waals surface area (Å²) in [6.07, 6.45) is 1.75. The van der Waals surface area contributed by atoms with Crippen LogP contribution < -0.4 is 4.72 Å². The minimum absolute atomic E-state index is 0.104. The minimum Gasteiger partial charge on any atom is -0.444 e. The Balaban J connectivity index is 2.60. The Morgan fingerprint density at radius 1 is 1.62 bits per heavy atom. The topological polar surface area (TPSA) is 92.4 Å². The molecule has 1 heterocycles. The molecule has 6 nitrogen and oxygen atoms in total. The summed E-state index contributed by atoms with van der Waals surface area (Å²) in [5.74, 6) is 0.870. The number of nitrogens with one attached hydrogen (secondary N) is 1. The number of rotatable bonds is 6. The van der Waals surface area contributed by atoms with Gasteiger partial charge in [-0.1, -0.05) is 0 Å². The molecule has 1 unspecified atom stereocenters. The SMILES string of the molecule is Cc1cnc(C(C)NS(=O)(=O)CCCO)o1. The van der Waals surface area contributed by atoms with Gasteiger partial charge in [-0.2, -0.15) is 0 Å². The van der Waals surface area contributed by atoms with Crippen LogP contribution in [0.25, 0.3) is 0 Å². The van der Waals surface area contributed by atoms with Crippen LogP contribution in [0.4, 0.5) is 0 Å². The average Bonchev–Trinajstić information content (AvgIpc) is 2.61. The van der Waals surface area contributed by atoms with E-state index in [0.29, 0.717) is 11.7 Å². The summed E-state index contributed by atoms with van der Waals surface area (Å²) in [4.78, 5) is 3.94. The molecule has 0 radical (unpaired) electrons. The molecule has 92 valence electrons. The van der Waals surface area contributed by atoms with Crippen molar-refractivity contribution >= 4 is 10.0 Å². The fraction of sp³-hybridized carbons (Fsp3) is 0.667. The third-order valence-electron chi connectivity index (χ3n) is 1.94. The predicted octanol–water partition coefficient (Wildman–Crippen LogP) is 0.346. The van der Waals surface area contributed by atoms with Gasteiger partial charge in [-0.3, -0.25) is 0 Å². The predicted molar refractivity (Wildman–Crippen MR) is 58.3 cm³/mol. The van der Waals surface area contributed by atoms with Crippen molar-refractivity contribution in [1.29, 1.82) is 0 Å². The zero-order chi connectivity index (χ0) is 12.2. The smallest absolute Gasteiger partial charge is 0.212 e. The van der Waals surface area contributed by atoms with Crippen LogP contribution in [0.15, 0.2) is 10.6 Å². The van der Waals surface area contributed by atoms with Crippen LogP contribution in [0.3, 0.4) is 0 Å². The minimum atomic E-state index is -3.39. The van der Waals surface area contributed by atoms with Gasteiger partial charge in [-0.15, -0.1) is 0 Å². The number of hydrogen-bond donors (Lipinski definition) is 2. The summed E-state index contributed by atoms with van der Waals surface area (Å²) in [5.41, 5.74) is 0. The summed E-state index contributed by atoms with van der Waals surface area (Å²) >= 11 is 0. The molecule has 0 spiro atoms. The molecule has 2 N–H and O–H groups in total. The molecule has 0 fully saturated rings. The molecule has 0 aliphatic heterocycles. The highest BCUT2D eigenvalue weighted by Gasteiger charge is 2.18. The fourth-order valence-corrected chi connectivity index (χ4v) is 2.47. The van der Waals surface area contributed by atoms with E-state index in [4.69, 9.17) is 9.52 Å². The van der Waals surface area contributed by atoms with E-state index in [1.165, 1.54) is 6.20 Å². The second-order valence-corrected chi connectivity index (χ2v) is 5.42. The van der Waals surface area contributed by atoms with E-state index < -0.39 is 16.1 Å². The van der Waals surface area contributed by atoms with Gasteiger partial charge >= 0.3 is 0 Å². The van der Waals surface area contributed by atoms with Crippen molar-refractivity contribution in [3.05, 3.63) is 17.8 Å². The lowest BCUT2D eigenvalue weighted by Crippen LogP contribution is -2.29. The second-order valence-electron chi connectivity index (χ2n) is 3.54. The van der Waals surface area contributed by atoms with Gasteiger partial charge in [-0.05, 0) is 20.3 Å². The third kappa shape index (κ3) is 3.92. The molecular formula is C9H16N2O4S. The molecular weight excluding hydrogens is 232 g/mol. The average molecular weight is 248 g/mol. The normalized spacial score (nSPS) is 13.9. The number of aliphatic hydroxyl groups excluding tert-OH is 1. The molecule has 0 aromatic carbocycles. The van der Waals surface area contributed by atoms with Gasteiger partial charge in [0.15, 0.2) is 0 Å². The fourth-order valence-electron chi connectivity index (χ4n) is 1.21. The van der Waals surface area contributed by atoms with E-state index in [9.17, 15) is 8.42 Å². The highest BCUT2D eigenvalue weighted by atomic mass is 32.2. The zero-order valence-corrected chi connectivity index (χ0v) is 10.1. The lowest BCUT2D eigenvalue weighted by Gasteiger charge is -2.10. The van der Waals surface area contributed by atoms with Crippen molar-refractivity contribution in [1.82, 2.24) is 9.71 Å². The Kier molecular flexibility index (Phi) is 4.45. The molecule has 7 heteroatoms. The van der Waals surface area contributed by atoms with Crippen molar-refractivity contribution in [2.75, 3.05) is 12.4 Å². The lowest BCUT2D eigenvalue weighted by molar-refractivity contribution is 0.295. The van der Waals surface area contributed by atoms with Gasteiger partial charge in [0, 0.05) is 6.61 Å². The van der Waals surface area contributed by atoms with E-state index in [1.54, 1.807) is 13.8 Å². The maximum atomic E-state index is 11.5. The highest BCUT2D eigenvalue weighted by Crippen LogP contribution is 2.13. The highest BCUT2D eigenvalue weighted by molar-refractivity contribution is 7.89. The molecule has 0 bridgehead atoms. The quantitative estimate of drug-likeness (QED) is 0.757. The third-order valence-corrected chi connectivity index (χ3v) is 3.48. The largest absolute Gasteiger partial charge is 0.444 e. The summed E-state index contributed by atoms with van der Waals surface area (Å²) in [7, 11) is -3.39. The Morgan fingerprint density at radius 3 is 2.81 bits per heavy atom. The Hall–Kier alpha value is -0.920. The number of sulfonamides is 1. The van der Waals surface area contributed by atoms with Gasteiger partial charge < -0.3 is 9.52 Å². The summed E-state index contributed by atoms with van der Waals surface area (Å²) in [6, 6.07) is -0.502. The summed E-state index contributed by atoms with van der Waals surface area (Å²) in [5, 5.41) is 8.56. The molecule has 0 saturated carbocycles. The standard InChI is InChI=1S/C9H16N2O4S/c1-7-6-10-9(15-7)8(2)11-16(13,14)5-3-4-12/h6,8,11-12H,3-5H2,1-2H3. The number of aliphatic hydroxyl groups is 1. The van der Waals surface area contributed by atoms with E-state index in [-0.39, 0.29) is 18.8 Å². The van der Waals surface area contributed by atoms with Crippen molar-refractivity contribution in [2.24, 2.45) is 0 Å². The van der Waals surface area contributed by atoms with Crippen LogP contribution in [0.1, 0.15) is 31.0 Å². The Bertz CT molecular complexity index is 426. The maximum Gasteiger partial charge on any atom is 0.212 e. The number of hydrogen-bond acceptors (Lipinski definition) is 5. The molecule has 0 aliphatic carbocycles. The van der Waals surface area contributed by atoms with Crippen molar-refractivity contribution < 1.29 is 17.9 Å². The van der Waals surface area contributed by atoms with Crippen LogP contribution in [0, 0.1) is 6.92 Å². The van der Waals surface area contributed by atoms with Gasteiger partial charge in [0.05, 0.1) is 18.0 Å². The Labute approximate surface area is 94.7 Å². The summed E-state index contributed by atoms with van der Waals surface area (Å²) < 4.78 is 30.6. The molecule has 0 aliphatic rings. The molecule has 1 aromatic heterocycles. The number of nitrogens with zero attached hydrogens (tertiary/aromatic N) is 1. The molecule has 16 heavy (non-hydrogen) atoms. The number of aromatic nitrogens is 1. The van der Waals surface area contributed by atoms with Gasteiger partial charge in [0.25, 0.3) is 0 Å². The van der Waals surface area contributed by atoms with E-state index >= 15 is 0 Å². The molecule has 1 atom stereocenters. The van der Waals surface area contributed by atoms with Crippen LogP contribution >= 0.6 is 0 Å². The first-order valence-corrected chi connectivity index (χ1v) is 6.63. The zero-order valence-electron chi connectivity index (χ0n) is 9.30. The van der Waals surface area contributed by atoms with E-state index in [1.807, 2.05) is 0 Å². The van der Waals surface area contributed by atoms with Crippen molar-refractivity contribution in [3.63, 3.8) is 0 Å². The van der Waals surface area contributed by atoms with Crippen LogP contribution in [-0.4, -0.2) is 30.9 Å². The van der Waals surface area contributed by atoms with Gasteiger partial charge in [0.2, 0.25) is 15.9 Å². The summed E-state index contributed by atoms with van der Waals surface area (Å²) in [6.45, 7) is 3.25. The first kappa shape index (κ1) is 13.1. The first-order valence-electron chi connectivity index (χ1n) is 4.98. The van der Waals surface area contributed by atoms with Gasteiger partial charge in [-0.25, -0.2) is 18.1 Å². The van der Waals surface area contributed by atoms with Crippen molar-refractivity contribution in [2.45, 2.75) is 26.3 Å². The van der Waals surface area contributed by atoms with Crippen LogP contribution in [0.2, 0.25) is 0 Å². The monoisotopic (exact) mass is 248 g/mol. The molecule has 0 saturated heterocycles. The van der Waals surface area contributed by atoms with Gasteiger partial charge in [0.1, 0.15) is 5.76 Å². The number of oxazole rings is 1. The maximum absolute atomic E-state index is 11.5. The number of aryl methyl sites for hydroxylation is 1. The molecule has 1 rings (SSSR count). The second kappa shape index (κ2) is 5.42. The van der Waals surface area contributed by atoms with E-state index in [0.717, 1.165) is 0 Å². The Morgan fingerprint density at radius 2 is 2.31 bits per heavy atom. The van der Waals surface area contributed by atoms with Crippen LogP contribution in [-0.2, 0) is 10.0 Å². The first-order chi connectivity index (χ1) is 7.44. The lowest BCUT2D eigenvalue weighted by atomic mass is 10.4.